The van der Waals surface area contributed by atoms with E-state index in [0.29, 0.717) is 0 Å². The number of allylic oxidation sites excluding steroid dienone is 2. The standard InChI is InChI=1S/C15H19OS/c1-2-3-6-11-16-14-9-4-5-10-15(14)17-12-7-8-13-17/h5,7-10,12-13,17H,2-3,6,11H2,1H3. The lowest BCUT2D eigenvalue weighted by Crippen LogP contribution is -1.98. The third-order valence-corrected chi connectivity index (χ3v) is 4.60. The van der Waals surface area contributed by atoms with Crippen LogP contribution in [-0.4, -0.2) is 6.61 Å². The van der Waals surface area contributed by atoms with Crippen LogP contribution in [0.1, 0.15) is 26.2 Å². The molecule has 0 fully saturated rings. The molecular weight excluding hydrogens is 228 g/mol. The molecule has 0 unspecified atom stereocenters. The summed E-state index contributed by atoms with van der Waals surface area (Å²) in [6, 6.07) is 9.16. The lowest BCUT2D eigenvalue weighted by atomic mass is 10.3. The van der Waals surface area contributed by atoms with Gasteiger partial charge in [-0.05, 0) is 35.4 Å². The van der Waals surface area contributed by atoms with E-state index in [1.807, 2.05) is 12.1 Å². The Hall–Kier alpha value is -1.15. The van der Waals surface area contributed by atoms with Gasteiger partial charge in [-0.1, -0.05) is 38.0 Å². The Bertz CT molecular complexity index is 397. The van der Waals surface area contributed by atoms with Gasteiger partial charge < -0.3 is 4.74 Å². The number of unbranched alkanes of at least 4 members (excludes halogenated alkanes) is 2. The van der Waals surface area contributed by atoms with Crippen molar-refractivity contribution in [3.8, 4) is 5.75 Å². The molecule has 0 saturated heterocycles. The summed E-state index contributed by atoms with van der Waals surface area (Å²) in [7, 11) is -0.292. The molecule has 0 aliphatic carbocycles. The molecule has 2 heteroatoms. The average molecular weight is 247 g/mol. The van der Waals surface area contributed by atoms with E-state index in [2.05, 4.69) is 42.0 Å². The van der Waals surface area contributed by atoms with Crippen LogP contribution in [0.5, 0.6) is 5.75 Å². The van der Waals surface area contributed by atoms with E-state index < -0.39 is 0 Å². The summed E-state index contributed by atoms with van der Waals surface area (Å²) in [5.41, 5.74) is 0. The van der Waals surface area contributed by atoms with Crippen molar-refractivity contribution in [2.75, 3.05) is 6.61 Å². The summed E-state index contributed by atoms with van der Waals surface area (Å²) in [6.07, 6.45) is 7.83. The van der Waals surface area contributed by atoms with Crippen molar-refractivity contribution in [3.05, 3.63) is 47.2 Å². The van der Waals surface area contributed by atoms with Crippen LogP contribution in [0.15, 0.2) is 46.1 Å². The lowest BCUT2D eigenvalue weighted by Gasteiger charge is -2.16. The van der Waals surface area contributed by atoms with Gasteiger partial charge in [-0.2, -0.15) is 10.9 Å². The molecule has 0 bridgehead atoms. The second kappa shape index (κ2) is 6.55. The Kier molecular flexibility index (Phi) is 4.75. The third kappa shape index (κ3) is 3.40. The first kappa shape index (κ1) is 12.3. The molecule has 1 nitrogen and oxygen atoms in total. The largest absolute Gasteiger partial charge is 0.492 e. The van der Waals surface area contributed by atoms with E-state index in [0.717, 1.165) is 18.8 Å². The molecule has 0 saturated carbocycles. The molecule has 1 aliphatic rings. The molecule has 0 atom stereocenters. The van der Waals surface area contributed by atoms with E-state index in [1.165, 1.54) is 17.7 Å². The van der Waals surface area contributed by atoms with Crippen LogP contribution >= 0.6 is 10.9 Å². The van der Waals surface area contributed by atoms with Gasteiger partial charge in [-0.3, -0.25) is 0 Å². The summed E-state index contributed by atoms with van der Waals surface area (Å²) in [6.45, 7) is 3.02. The van der Waals surface area contributed by atoms with E-state index in [1.54, 1.807) is 0 Å². The van der Waals surface area contributed by atoms with Crippen LogP contribution in [0.25, 0.3) is 0 Å². The fraction of sp³-hybridized carbons (Fsp3) is 0.333. The zero-order valence-electron chi connectivity index (χ0n) is 10.2. The zero-order valence-corrected chi connectivity index (χ0v) is 11.1. The third-order valence-electron chi connectivity index (χ3n) is 2.69. The van der Waals surface area contributed by atoms with Crippen LogP contribution in [0.4, 0.5) is 0 Å². The minimum atomic E-state index is -0.292. The number of rotatable bonds is 6. The van der Waals surface area contributed by atoms with Crippen molar-refractivity contribution in [2.45, 2.75) is 31.1 Å². The Morgan fingerprint density at radius 2 is 2.06 bits per heavy atom. The zero-order chi connectivity index (χ0) is 11.9. The second-order valence-electron chi connectivity index (χ2n) is 4.04. The Balaban J connectivity index is 2.00. The van der Waals surface area contributed by atoms with Crippen molar-refractivity contribution in [1.29, 1.82) is 0 Å². The summed E-state index contributed by atoms with van der Waals surface area (Å²) in [5.74, 6) is 1.01. The molecule has 1 aromatic rings. The predicted octanol–water partition coefficient (Wildman–Crippen LogP) is 4.46. The molecule has 0 N–H and O–H groups in total. The van der Waals surface area contributed by atoms with Crippen LogP contribution in [0.3, 0.4) is 0 Å². The summed E-state index contributed by atoms with van der Waals surface area (Å²) < 4.78 is 5.87. The number of ether oxygens (including phenoxy) is 1. The first-order valence-electron chi connectivity index (χ1n) is 6.18. The van der Waals surface area contributed by atoms with Crippen LogP contribution < -0.4 is 4.74 Å². The van der Waals surface area contributed by atoms with Crippen molar-refractivity contribution < 1.29 is 4.74 Å². The summed E-state index contributed by atoms with van der Waals surface area (Å²) in [4.78, 5) is 1.31. The van der Waals surface area contributed by atoms with Gasteiger partial charge in [0.1, 0.15) is 5.75 Å². The molecule has 1 aromatic carbocycles. The highest BCUT2D eigenvalue weighted by Crippen LogP contribution is 2.46. The highest BCUT2D eigenvalue weighted by molar-refractivity contribution is 8.22. The highest BCUT2D eigenvalue weighted by Gasteiger charge is 2.09. The quantitative estimate of drug-likeness (QED) is 0.577. The molecule has 1 heterocycles. The molecule has 0 amide bonds. The van der Waals surface area contributed by atoms with Crippen molar-refractivity contribution in [3.63, 3.8) is 0 Å². The van der Waals surface area contributed by atoms with Crippen molar-refractivity contribution in [1.82, 2.24) is 0 Å². The van der Waals surface area contributed by atoms with Crippen molar-refractivity contribution in [2.24, 2.45) is 0 Å². The first-order chi connectivity index (χ1) is 8.42. The minimum Gasteiger partial charge on any atom is -0.492 e. The Morgan fingerprint density at radius 3 is 2.82 bits per heavy atom. The Morgan fingerprint density at radius 1 is 1.24 bits per heavy atom. The first-order valence-corrected chi connectivity index (χ1v) is 7.66. The van der Waals surface area contributed by atoms with E-state index in [9.17, 15) is 0 Å². The highest BCUT2D eigenvalue weighted by atomic mass is 32.2. The molecule has 1 radical (unpaired) electrons. The predicted molar refractivity (Wildman–Crippen MR) is 75.8 cm³/mol. The van der Waals surface area contributed by atoms with Gasteiger partial charge in [0.25, 0.3) is 0 Å². The molecule has 0 spiro atoms. The average Bonchev–Trinajstić information content (AvgIpc) is 2.89. The van der Waals surface area contributed by atoms with Crippen LogP contribution in [-0.2, 0) is 0 Å². The summed E-state index contributed by atoms with van der Waals surface area (Å²) >= 11 is 0. The minimum absolute atomic E-state index is 0.292. The molecule has 0 aromatic heterocycles. The fourth-order valence-electron chi connectivity index (χ4n) is 1.77. The Labute approximate surface area is 107 Å². The van der Waals surface area contributed by atoms with Gasteiger partial charge in [0.15, 0.2) is 0 Å². The maximum Gasteiger partial charge on any atom is 0.132 e. The van der Waals surface area contributed by atoms with Crippen molar-refractivity contribution >= 4 is 10.9 Å². The summed E-state index contributed by atoms with van der Waals surface area (Å²) in [5, 5.41) is 4.51. The SMILES string of the molecule is CCCCCOc1c[c]ccc1[SH]1C=CC=C1. The smallest absolute Gasteiger partial charge is 0.132 e. The van der Waals surface area contributed by atoms with E-state index in [4.69, 9.17) is 4.74 Å². The molecule has 1 aliphatic heterocycles. The second-order valence-corrected chi connectivity index (χ2v) is 5.93. The van der Waals surface area contributed by atoms with E-state index >= 15 is 0 Å². The number of thiol groups is 1. The maximum absolute atomic E-state index is 5.87. The van der Waals surface area contributed by atoms with Crippen LogP contribution in [0, 0.1) is 6.07 Å². The van der Waals surface area contributed by atoms with Gasteiger partial charge in [0.05, 0.1) is 6.61 Å². The van der Waals surface area contributed by atoms with Crippen LogP contribution in [0.2, 0.25) is 0 Å². The topological polar surface area (TPSA) is 9.23 Å². The normalized spacial score (nSPS) is 15.5. The maximum atomic E-state index is 5.87. The fourth-order valence-corrected chi connectivity index (χ4v) is 3.39. The molecule has 17 heavy (non-hydrogen) atoms. The monoisotopic (exact) mass is 247 g/mol. The number of benzene rings is 1. The van der Waals surface area contributed by atoms with E-state index in [-0.39, 0.29) is 10.9 Å². The number of hydrogen-bond acceptors (Lipinski definition) is 1. The molecular formula is C15H19OS. The van der Waals surface area contributed by atoms with Gasteiger partial charge in [-0.15, -0.1) is 0 Å². The molecule has 91 valence electrons. The van der Waals surface area contributed by atoms with Gasteiger partial charge >= 0.3 is 0 Å². The lowest BCUT2D eigenvalue weighted by molar-refractivity contribution is 0.299. The molecule has 2 rings (SSSR count). The number of hydrogen-bond donors (Lipinski definition) is 1. The van der Waals surface area contributed by atoms with Gasteiger partial charge in [0.2, 0.25) is 0 Å². The van der Waals surface area contributed by atoms with Gasteiger partial charge in [0, 0.05) is 4.90 Å². The van der Waals surface area contributed by atoms with Gasteiger partial charge in [-0.25, -0.2) is 0 Å².